The van der Waals surface area contributed by atoms with Crippen LogP contribution in [-0.2, 0) is 0 Å². The lowest BCUT2D eigenvalue weighted by Crippen LogP contribution is -2.20. The van der Waals surface area contributed by atoms with Crippen LogP contribution in [0.1, 0.15) is 23.1 Å². The maximum Gasteiger partial charge on any atom is 0.0871 e. The van der Waals surface area contributed by atoms with E-state index in [0.717, 1.165) is 20.1 Å². The largest absolute Gasteiger partial charge is 0.388 e. The SMILES string of the molecule is NCC(c1ccccc1Br)C(O)c1cc(Cl)cc(Br)c1. The summed E-state index contributed by atoms with van der Waals surface area (Å²) in [6.07, 6.45) is -0.714. The number of aliphatic hydroxyl groups is 1. The summed E-state index contributed by atoms with van der Waals surface area (Å²) in [4.78, 5) is 0. The van der Waals surface area contributed by atoms with Crippen molar-refractivity contribution in [3.05, 3.63) is 67.6 Å². The maximum absolute atomic E-state index is 10.6. The van der Waals surface area contributed by atoms with Crippen LogP contribution in [0.2, 0.25) is 5.02 Å². The van der Waals surface area contributed by atoms with Gasteiger partial charge >= 0.3 is 0 Å². The molecule has 2 aromatic carbocycles. The highest BCUT2D eigenvalue weighted by atomic mass is 79.9. The molecular weight excluding hydrogens is 405 g/mol. The van der Waals surface area contributed by atoms with Crippen LogP contribution in [0.15, 0.2) is 51.4 Å². The summed E-state index contributed by atoms with van der Waals surface area (Å²) in [5.74, 6) is -0.198. The van der Waals surface area contributed by atoms with E-state index < -0.39 is 6.10 Å². The fourth-order valence-corrected chi connectivity index (χ4v) is 3.65. The second-order valence-corrected chi connectivity index (χ2v) is 6.72. The smallest absolute Gasteiger partial charge is 0.0871 e. The zero-order valence-corrected chi connectivity index (χ0v) is 14.5. The molecule has 0 heterocycles. The molecule has 0 aliphatic heterocycles. The lowest BCUT2D eigenvalue weighted by molar-refractivity contribution is 0.147. The van der Waals surface area contributed by atoms with Crippen molar-refractivity contribution in [3.8, 4) is 0 Å². The molecule has 2 atom stereocenters. The third-order valence-electron chi connectivity index (χ3n) is 3.17. The van der Waals surface area contributed by atoms with Gasteiger partial charge in [0.15, 0.2) is 0 Å². The van der Waals surface area contributed by atoms with Gasteiger partial charge in [-0.3, -0.25) is 0 Å². The van der Waals surface area contributed by atoms with Crippen LogP contribution in [0.4, 0.5) is 0 Å². The Kier molecular flexibility index (Phi) is 5.64. The van der Waals surface area contributed by atoms with Crippen LogP contribution in [0, 0.1) is 0 Å². The Morgan fingerprint density at radius 1 is 1.15 bits per heavy atom. The highest BCUT2D eigenvalue weighted by Crippen LogP contribution is 2.36. The number of aliphatic hydroxyl groups excluding tert-OH is 1. The number of benzene rings is 2. The van der Waals surface area contributed by atoms with Gasteiger partial charge in [-0.25, -0.2) is 0 Å². The first-order chi connectivity index (χ1) is 9.52. The average molecular weight is 420 g/mol. The Morgan fingerprint density at radius 3 is 2.45 bits per heavy atom. The molecule has 2 unspecified atom stereocenters. The predicted molar refractivity (Wildman–Crippen MR) is 90.0 cm³/mol. The Morgan fingerprint density at radius 2 is 1.85 bits per heavy atom. The van der Waals surface area contributed by atoms with Crippen molar-refractivity contribution in [2.24, 2.45) is 5.73 Å². The molecule has 0 saturated heterocycles. The molecule has 0 aliphatic rings. The standard InChI is InChI=1S/C15H14Br2ClNO/c16-10-5-9(6-11(18)7-10)15(20)13(8-19)12-3-1-2-4-14(12)17/h1-7,13,15,20H,8,19H2. The van der Waals surface area contributed by atoms with Crippen molar-refractivity contribution >= 4 is 43.5 Å². The summed E-state index contributed by atoms with van der Waals surface area (Å²) in [5, 5.41) is 11.2. The van der Waals surface area contributed by atoms with Crippen LogP contribution in [0.25, 0.3) is 0 Å². The monoisotopic (exact) mass is 417 g/mol. The van der Waals surface area contributed by atoms with E-state index in [-0.39, 0.29) is 5.92 Å². The van der Waals surface area contributed by atoms with Gasteiger partial charge in [0.05, 0.1) is 6.10 Å². The van der Waals surface area contributed by atoms with Gasteiger partial charge in [-0.05, 0) is 35.4 Å². The lowest BCUT2D eigenvalue weighted by atomic mass is 9.89. The van der Waals surface area contributed by atoms with E-state index in [1.54, 1.807) is 12.1 Å². The summed E-state index contributed by atoms with van der Waals surface area (Å²) >= 11 is 12.9. The molecule has 0 bridgehead atoms. The summed E-state index contributed by atoms with van der Waals surface area (Å²) < 4.78 is 1.78. The third kappa shape index (κ3) is 3.62. The van der Waals surface area contributed by atoms with Crippen molar-refractivity contribution in [3.63, 3.8) is 0 Å². The third-order valence-corrected chi connectivity index (χ3v) is 4.56. The fourth-order valence-electron chi connectivity index (χ4n) is 2.18. The van der Waals surface area contributed by atoms with Gasteiger partial charge in [0.2, 0.25) is 0 Å². The zero-order valence-electron chi connectivity index (χ0n) is 10.6. The molecule has 0 aromatic heterocycles. The van der Waals surface area contributed by atoms with Crippen LogP contribution in [0.3, 0.4) is 0 Å². The molecule has 0 spiro atoms. The minimum Gasteiger partial charge on any atom is -0.388 e. The fraction of sp³-hybridized carbons (Fsp3) is 0.200. The summed E-state index contributed by atoms with van der Waals surface area (Å²) in [5.41, 5.74) is 7.59. The van der Waals surface area contributed by atoms with Crippen molar-refractivity contribution in [2.45, 2.75) is 12.0 Å². The highest BCUT2D eigenvalue weighted by Gasteiger charge is 2.23. The number of halogens is 3. The van der Waals surface area contributed by atoms with E-state index >= 15 is 0 Å². The number of hydrogen-bond donors (Lipinski definition) is 2. The first kappa shape index (κ1) is 16.0. The lowest BCUT2D eigenvalue weighted by Gasteiger charge is -2.23. The van der Waals surface area contributed by atoms with Gasteiger partial charge in [-0.15, -0.1) is 0 Å². The van der Waals surface area contributed by atoms with E-state index in [9.17, 15) is 5.11 Å². The van der Waals surface area contributed by atoms with Crippen molar-refractivity contribution < 1.29 is 5.11 Å². The summed E-state index contributed by atoms with van der Waals surface area (Å²) in [7, 11) is 0. The molecule has 0 radical (unpaired) electrons. The van der Waals surface area contributed by atoms with Crippen molar-refractivity contribution in [2.75, 3.05) is 6.54 Å². The number of hydrogen-bond acceptors (Lipinski definition) is 2. The van der Waals surface area contributed by atoms with Crippen LogP contribution in [0.5, 0.6) is 0 Å². The molecule has 2 aromatic rings. The number of rotatable bonds is 4. The Labute approximate surface area is 140 Å². The topological polar surface area (TPSA) is 46.2 Å². The zero-order chi connectivity index (χ0) is 14.7. The minimum atomic E-state index is -0.714. The molecule has 0 fully saturated rings. The minimum absolute atomic E-state index is 0.198. The van der Waals surface area contributed by atoms with E-state index in [0.29, 0.717) is 11.6 Å². The van der Waals surface area contributed by atoms with Crippen LogP contribution in [-0.4, -0.2) is 11.7 Å². The number of nitrogens with two attached hydrogens (primary N) is 1. The molecule has 0 aliphatic carbocycles. The quantitative estimate of drug-likeness (QED) is 0.758. The van der Waals surface area contributed by atoms with Gasteiger partial charge in [-0.1, -0.05) is 61.7 Å². The van der Waals surface area contributed by atoms with Gasteiger partial charge in [0.1, 0.15) is 0 Å². The molecule has 20 heavy (non-hydrogen) atoms. The average Bonchev–Trinajstić information content (AvgIpc) is 2.40. The Bertz CT molecular complexity index is 586. The maximum atomic E-state index is 10.6. The van der Waals surface area contributed by atoms with Crippen molar-refractivity contribution in [1.82, 2.24) is 0 Å². The highest BCUT2D eigenvalue weighted by molar-refractivity contribution is 9.10. The van der Waals surface area contributed by atoms with Crippen molar-refractivity contribution in [1.29, 1.82) is 0 Å². The molecule has 106 valence electrons. The van der Waals surface area contributed by atoms with Gasteiger partial charge in [0.25, 0.3) is 0 Å². The molecule has 2 nitrogen and oxygen atoms in total. The Hall–Kier alpha value is -0.390. The first-order valence-corrected chi connectivity index (χ1v) is 8.08. The summed E-state index contributed by atoms with van der Waals surface area (Å²) in [6.45, 7) is 0.341. The van der Waals surface area contributed by atoms with Gasteiger partial charge < -0.3 is 10.8 Å². The van der Waals surface area contributed by atoms with Crippen LogP contribution >= 0.6 is 43.5 Å². The normalized spacial score (nSPS) is 14.1. The van der Waals surface area contributed by atoms with E-state index in [2.05, 4.69) is 31.9 Å². The first-order valence-electron chi connectivity index (χ1n) is 6.11. The second kappa shape index (κ2) is 7.05. The second-order valence-electron chi connectivity index (χ2n) is 4.51. The van der Waals surface area contributed by atoms with Gasteiger partial charge in [-0.2, -0.15) is 0 Å². The van der Waals surface area contributed by atoms with Gasteiger partial charge in [0, 0.05) is 26.4 Å². The molecule has 3 N–H and O–H groups in total. The van der Waals surface area contributed by atoms with E-state index in [4.69, 9.17) is 17.3 Å². The van der Waals surface area contributed by atoms with Crippen LogP contribution < -0.4 is 5.73 Å². The summed E-state index contributed by atoms with van der Waals surface area (Å²) in [6, 6.07) is 13.2. The molecular formula is C15H14Br2ClNO. The predicted octanol–water partition coefficient (Wildman–Crippen LogP) is 4.64. The molecule has 0 amide bonds. The Balaban J connectivity index is 2.39. The van der Waals surface area contributed by atoms with E-state index in [1.807, 2.05) is 30.3 Å². The molecule has 0 saturated carbocycles. The van der Waals surface area contributed by atoms with E-state index in [1.165, 1.54) is 0 Å². The molecule has 5 heteroatoms. The molecule has 2 rings (SSSR count).